The molecule has 0 fully saturated rings. The first-order valence-corrected chi connectivity index (χ1v) is 6.41. The zero-order valence-electron chi connectivity index (χ0n) is 10.5. The van der Waals surface area contributed by atoms with Gasteiger partial charge in [0.25, 0.3) is 0 Å². The number of hydrogen-bond donors (Lipinski definition) is 1. The summed E-state index contributed by atoms with van der Waals surface area (Å²) in [5.74, 6) is 0.348. The molecule has 0 radical (unpaired) electrons. The molecular weight excluding hydrogens is 226 g/mol. The lowest BCUT2D eigenvalue weighted by atomic mass is 10.0. The van der Waals surface area contributed by atoms with Crippen LogP contribution in [0.25, 0.3) is 0 Å². The Morgan fingerprint density at radius 2 is 2.17 bits per heavy atom. The van der Waals surface area contributed by atoms with Crippen molar-refractivity contribution in [1.29, 1.82) is 0 Å². The van der Waals surface area contributed by atoms with Gasteiger partial charge < -0.3 is 10.1 Å². The first kappa shape index (κ1) is 12.8. The first-order valence-electron chi connectivity index (χ1n) is 6.41. The lowest BCUT2D eigenvalue weighted by Crippen LogP contribution is -2.26. The maximum atomic E-state index is 11.6. The molecule has 1 aliphatic heterocycles. The van der Waals surface area contributed by atoms with Crippen molar-refractivity contribution in [3.8, 4) is 0 Å². The third kappa shape index (κ3) is 4.34. The summed E-state index contributed by atoms with van der Waals surface area (Å²) < 4.78 is 5.24. The molecule has 1 unspecified atom stereocenters. The molecule has 1 aromatic rings. The second-order valence-electron chi connectivity index (χ2n) is 4.53. The van der Waals surface area contributed by atoms with E-state index in [1.165, 1.54) is 0 Å². The van der Waals surface area contributed by atoms with Gasteiger partial charge in [-0.1, -0.05) is 42.5 Å². The fraction of sp³-hybridized carbons (Fsp3) is 0.400. The molecule has 0 saturated carbocycles. The van der Waals surface area contributed by atoms with E-state index in [1.54, 1.807) is 0 Å². The van der Waals surface area contributed by atoms with E-state index >= 15 is 0 Å². The van der Waals surface area contributed by atoms with Crippen LogP contribution in [-0.4, -0.2) is 19.1 Å². The van der Waals surface area contributed by atoms with E-state index in [1.807, 2.05) is 30.3 Å². The maximum Gasteiger partial charge on any atom is 0.306 e. The third-order valence-electron chi connectivity index (χ3n) is 3.04. The van der Waals surface area contributed by atoms with Gasteiger partial charge in [-0.15, -0.1) is 0 Å². The molecule has 3 heteroatoms. The molecule has 2 rings (SSSR count). The normalized spacial score (nSPS) is 18.6. The van der Waals surface area contributed by atoms with Gasteiger partial charge in [-0.25, -0.2) is 0 Å². The molecule has 96 valence electrons. The number of carbonyl (C=O) groups excluding carboxylic acids is 1. The molecule has 0 amide bonds. The van der Waals surface area contributed by atoms with E-state index in [2.05, 4.69) is 17.5 Å². The summed E-state index contributed by atoms with van der Waals surface area (Å²) >= 11 is 0. The summed E-state index contributed by atoms with van der Waals surface area (Å²) in [6, 6.07) is 9.76. The predicted molar refractivity (Wildman–Crippen MR) is 71.0 cm³/mol. The fourth-order valence-corrected chi connectivity index (χ4v) is 1.99. The summed E-state index contributed by atoms with van der Waals surface area (Å²) in [6.45, 7) is 2.27. The van der Waals surface area contributed by atoms with Crippen LogP contribution in [0.3, 0.4) is 0 Å². The highest BCUT2D eigenvalue weighted by Gasteiger charge is 2.11. The number of nitrogens with one attached hydrogen (secondary N) is 1. The molecule has 1 N–H and O–H groups in total. The molecule has 1 atom stereocenters. The van der Waals surface area contributed by atoms with Crippen molar-refractivity contribution in [3.05, 3.63) is 48.0 Å². The molecule has 1 heterocycles. The number of benzene rings is 1. The Morgan fingerprint density at radius 3 is 2.89 bits per heavy atom. The van der Waals surface area contributed by atoms with Gasteiger partial charge in [0.2, 0.25) is 0 Å². The Morgan fingerprint density at radius 1 is 1.33 bits per heavy atom. The Kier molecular flexibility index (Phi) is 4.97. The molecular formula is C15H19NO2. The number of esters is 1. The fourth-order valence-electron chi connectivity index (χ4n) is 1.99. The summed E-state index contributed by atoms with van der Waals surface area (Å²) in [5, 5.41) is 3.28. The molecule has 1 aromatic carbocycles. The summed E-state index contributed by atoms with van der Waals surface area (Å²) in [6.07, 6.45) is 5.64. The molecule has 0 saturated heterocycles. The molecule has 18 heavy (non-hydrogen) atoms. The topological polar surface area (TPSA) is 38.3 Å². The molecule has 0 spiro atoms. The summed E-state index contributed by atoms with van der Waals surface area (Å²) in [4.78, 5) is 11.6. The van der Waals surface area contributed by atoms with Crippen LogP contribution >= 0.6 is 0 Å². The van der Waals surface area contributed by atoms with Crippen molar-refractivity contribution in [3.63, 3.8) is 0 Å². The van der Waals surface area contributed by atoms with Crippen molar-refractivity contribution < 1.29 is 9.53 Å². The lowest BCUT2D eigenvalue weighted by molar-refractivity contribution is -0.145. The second-order valence-corrected chi connectivity index (χ2v) is 4.53. The van der Waals surface area contributed by atoms with Gasteiger partial charge in [-0.05, 0) is 17.9 Å². The van der Waals surface area contributed by atoms with Gasteiger partial charge >= 0.3 is 5.97 Å². The zero-order valence-corrected chi connectivity index (χ0v) is 10.5. The Bertz CT molecular complexity index is 400. The van der Waals surface area contributed by atoms with Crippen LogP contribution in [0.5, 0.6) is 0 Å². The van der Waals surface area contributed by atoms with Gasteiger partial charge in [-0.2, -0.15) is 0 Å². The number of rotatable bonds is 5. The van der Waals surface area contributed by atoms with Gasteiger partial charge in [0.1, 0.15) is 6.61 Å². The summed E-state index contributed by atoms with van der Waals surface area (Å²) in [7, 11) is 0. The maximum absolute atomic E-state index is 11.6. The second kappa shape index (κ2) is 6.97. The number of hydrogen-bond acceptors (Lipinski definition) is 3. The number of carbonyl (C=O) groups is 1. The quantitative estimate of drug-likeness (QED) is 0.639. The average molecular weight is 245 g/mol. The van der Waals surface area contributed by atoms with Crippen LogP contribution in [0.15, 0.2) is 42.5 Å². The largest absolute Gasteiger partial charge is 0.461 e. The van der Waals surface area contributed by atoms with Crippen LogP contribution in [-0.2, 0) is 16.1 Å². The van der Waals surface area contributed by atoms with E-state index in [9.17, 15) is 4.79 Å². The van der Waals surface area contributed by atoms with Crippen molar-refractivity contribution in [2.24, 2.45) is 5.92 Å². The minimum atomic E-state index is -0.113. The van der Waals surface area contributed by atoms with E-state index in [0.29, 0.717) is 18.9 Å². The Balaban J connectivity index is 1.66. The molecule has 0 aromatic heterocycles. The Labute approximate surface area is 108 Å². The van der Waals surface area contributed by atoms with E-state index in [4.69, 9.17) is 4.74 Å². The molecule has 0 bridgehead atoms. The monoisotopic (exact) mass is 245 g/mol. The molecule has 0 aliphatic carbocycles. The van der Waals surface area contributed by atoms with Gasteiger partial charge in [-0.3, -0.25) is 4.79 Å². The predicted octanol–water partition coefficient (Wildman–Crippen LogP) is 2.29. The SMILES string of the molecule is O=C(CCC1C=CCNC1)OCc1ccccc1. The minimum Gasteiger partial charge on any atom is -0.461 e. The van der Waals surface area contributed by atoms with Crippen LogP contribution in [0.1, 0.15) is 18.4 Å². The highest BCUT2D eigenvalue weighted by Crippen LogP contribution is 2.11. The van der Waals surface area contributed by atoms with Gasteiger partial charge in [0, 0.05) is 19.5 Å². The van der Waals surface area contributed by atoms with Crippen LogP contribution in [0, 0.1) is 5.92 Å². The molecule has 3 nitrogen and oxygen atoms in total. The average Bonchev–Trinajstić information content (AvgIpc) is 2.45. The van der Waals surface area contributed by atoms with Gasteiger partial charge in [0.05, 0.1) is 0 Å². The first-order chi connectivity index (χ1) is 8.84. The van der Waals surface area contributed by atoms with E-state index < -0.39 is 0 Å². The highest BCUT2D eigenvalue weighted by atomic mass is 16.5. The van der Waals surface area contributed by atoms with Crippen molar-refractivity contribution in [2.45, 2.75) is 19.4 Å². The zero-order chi connectivity index (χ0) is 12.6. The minimum absolute atomic E-state index is 0.113. The third-order valence-corrected chi connectivity index (χ3v) is 3.04. The van der Waals surface area contributed by atoms with Crippen LogP contribution in [0.4, 0.5) is 0 Å². The van der Waals surface area contributed by atoms with Crippen molar-refractivity contribution >= 4 is 5.97 Å². The summed E-state index contributed by atoms with van der Waals surface area (Å²) in [5.41, 5.74) is 1.03. The van der Waals surface area contributed by atoms with Gasteiger partial charge in [0.15, 0.2) is 0 Å². The Hall–Kier alpha value is -1.61. The van der Waals surface area contributed by atoms with Crippen molar-refractivity contribution in [1.82, 2.24) is 5.32 Å². The number of ether oxygens (including phenoxy) is 1. The van der Waals surface area contributed by atoms with Crippen LogP contribution in [0.2, 0.25) is 0 Å². The van der Waals surface area contributed by atoms with Crippen molar-refractivity contribution in [2.75, 3.05) is 13.1 Å². The lowest BCUT2D eigenvalue weighted by Gasteiger charge is -2.16. The molecule has 1 aliphatic rings. The highest BCUT2D eigenvalue weighted by molar-refractivity contribution is 5.69. The standard InChI is InChI=1S/C15H19NO2/c17-15(9-8-13-7-4-10-16-11-13)18-12-14-5-2-1-3-6-14/h1-7,13,16H,8-12H2. The van der Waals surface area contributed by atoms with E-state index in [-0.39, 0.29) is 5.97 Å². The van der Waals surface area contributed by atoms with Crippen LogP contribution < -0.4 is 5.32 Å². The van der Waals surface area contributed by atoms with E-state index in [0.717, 1.165) is 25.1 Å². The smallest absolute Gasteiger partial charge is 0.306 e.